The molecule has 6 nitrogen and oxygen atoms in total. The Labute approximate surface area is 137 Å². The summed E-state index contributed by atoms with van der Waals surface area (Å²) in [6.07, 6.45) is 9.00. The number of nitrogens with zero attached hydrogens (tertiary/aromatic N) is 3. The zero-order valence-corrected chi connectivity index (χ0v) is 13.8. The lowest BCUT2D eigenvalue weighted by Gasteiger charge is -2.33. The number of imidazole rings is 1. The molecule has 1 aliphatic carbocycles. The first-order chi connectivity index (χ1) is 11.2. The average Bonchev–Trinajstić information content (AvgIpc) is 3.08. The molecule has 1 spiro atoms. The fourth-order valence-corrected chi connectivity index (χ4v) is 4.24. The molecular formula is C17H26N4O2. The van der Waals surface area contributed by atoms with Gasteiger partial charge in [-0.05, 0) is 37.5 Å². The Balaban J connectivity index is 1.27. The van der Waals surface area contributed by atoms with Gasteiger partial charge in [0.25, 0.3) is 0 Å². The summed E-state index contributed by atoms with van der Waals surface area (Å²) in [5.41, 5.74) is 0.274. The summed E-state index contributed by atoms with van der Waals surface area (Å²) < 4.78 is 7.49. The molecule has 0 bridgehead atoms. The smallest absolute Gasteiger partial charge is 0.223 e. The van der Waals surface area contributed by atoms with E-state index in [1.54, 1.807) is 0 Å². The number of aromatic nitrogens is 2. The summed E-state index contributed by atoms with van der Waals surface area (Å²) in [4.78, 5) is 19.2. The van der Waals surface area contributed by atoms with Gasteiger partial charge in [0.05, 0.1) is 0 Å². The summed E-state index contributed by atoms with van der Waals surface area (Å²) in [6.45, 7) is 3.57. The zero-order chi connectivity index (χ0) is 15.9. The summed E-state index contributed by atoms with van der Waals surface area (Å²) >= 11 is 0. The number of carbonyl (C=O) groups is 1. The molecule has 1 amide bonds. The number of nitrogens with one attached hydrogen (secondary N) is 1. The van der Waals surface area contributed by atoms with Crippen LogP contribution in [0.15, 0.2) is 12.4 Å². The van der Waals surface area contributed by atoms with E-state index in [9.17, 15) is 4.79 Å². The van der Waals surface area contributed by atoms with E-state index in [1.165, 1.54) is 0 Å². The minimum atomic E-state index is 0.235. The highest BCUT2D eigenvalue weighted by molar-refractivity contribution is 5.82. The highest BCUT2D eigenvalue weighted by Crippen LogP contribution is 2.59. The lowest BCUT2D eigenvalue weighted by Crippen LogP contribution is -2.46. The Kier molecular flexibility index (Phi) is 3.79. The third-order valence-corrected chi connectivity index (χ3v) is 5.91. The molecule has 0 radical (unpaired) electrons. The van der Waals surface area contributed by atoms with Crippen LogP contribution in [0.3, 0.4) is 0 Å². The Hall–Kier alpha value is -1.56. The molecule has 3 heterocycles. The summed E-state index contributed by atoms with van der Waals surface area (Å²) in [5, 5.41) is 3.30. The van der Waals surface area contributed by atoms with Gasteiger partial charge in [0.2, 0.25) is 11.9 Å². The highest BCUT2D eigenvalue weighted by atomic mass is 16.5. The Morgan fingerprint density at radius 2 is 2.09 bits per heavy atom. The third kappa shape index (κ3) is 2.84. The standard InChI is InChI=1S/C17H26N4O2/c1-20-9-6-18-16(20)21-7-2-13(3-8-21)19-15(22)14-12-17(14)4-10-23-11-5-17/h6,9,13-14H,2-5,7-8,10-12H2,1H3,(H,19,22). The number of anilines is 1. The second-order valence-electron chi connectivity index (χ2n) is 7.34. The second-order valence-corrected chi connectivity index (χ2v) is 7.34. The number of hydrogen-bond donors (Lipinski definition) is 1. The van der Waals surface area contributed by atoms with E-state index >= 15 is 0 Å². The van der Waals surface area contributed by atoms with Crippen molar-refractivity contribution in [3.05, 3.63) is 12.4 Å². The molecule has 4 rings (SSSR count). The Morgan fingerprint density at radius 1 is 1.35 bits per heavy atom. The van der Waals surface area contributed by atoms with E-state index in [1.807, 2.05) is 19.4 Å². The minimum absolute atomic E-state index is 0.235. The van der Waals surface area contributed by atoms with E-state index in [0.29, 0.717) is 6.04 Å². The van der Waals surface area contributed by atoms with Crippen LogP contribution in [0.2, 0.25) is 0 Å². The van der Waals surface area contributed by atoms with Gasteiger partial charge in [-0.1, -0.05) is 0 Å². The molecule has 23 heavy (non-hydrogen) atoms. The van der Waals surface area contributed by atoms with E-state index < -0.39 is 0 Å². The molecule has 1 aromatic heterocycles. The van der Waals surface area contributed by atoms with Crippen LogP contribution in [0.25, 0.3) is 0 Å². The fraction of sp³-hybridized carbons (Fsp3) is 0.765. The number of piperidine rings is 1. The third-order valence-electron chi connectivity index (χ3n) is 5.91. The average molecular weight is 318 g/mol. The molecule has 3 aliphatic rings. The van der Waals surface area contributed by atoms with Gasteiger partial charge in [-0.3, -0.25) is 4.79 Å². The maximum absolute atomic E-state index is 12.5. The molecule has 6 heteroatoms. The first-order valence-corrected chi connectivity index (χ1v) is 8.78. The monoisotopic (exact) mass is 318 g/mol. The lowest BCUT2D eigenvalue weighted by atomic mass is 9.93. The normalized spacial score (nSPS) is 27.2. The topological polar surface area (TPSA) is 59.4 Å². The summed E-state index contributed by atoms with van der Waals surface area (Å²) in [5.74, 6) is 1.54. The molecule has 1 atom stereocenters. The van der Waals surface area contributed by atoms with Crippen LogP contribution in [0, 0.1) is 11.3 Å². The molecule has 2 aliphatic heterocycles. The first-order valence-electron chi connectivity index (χ1n) is 8.78. The van der Waals surface area contributed by atoms with Gasteiger partial charge >= 0.3 is 0 Å². The van der Waals surface area contributed by atoms with Crippen molar-refractivity contribution in [1.82, 2.24) is 14.9 Å². The number of aryl methyl sites for hydroxylation is 1. The maximum atomic E-state index is 12.5. The van der Waals surface area contributed by atoms with Crippen LogP contribution >= 0.6 is 0 Å². The molecule has 0 aromatic carbocycles. The van der Waals surface area contributed by atoms with E-state index in [4.69, 9.17) is 4.74 Å². The van der Waals surface area contributed by atoms with Gasteiger partial charge in [0.1, 0.15) is 0 Å². The fourth-order valence-electron chi connectivity index (χ4n) is 4.24. The number of hydrogen-bond acceptors (Lipinski definition) is 4. The number of rotatable bonds is 3. The van der Waals surface area contributed by atoms with Gasteiger partial charge in [-0.25, -0.2) is 4.98 Å². The van der Waals surface area contributed by atoms with Crippen LogP contribution in [0.4, 0.5) is 5.95 Å². The molecule has 126 valence electrons. The molecule has 2 saturated heterocycles. The minimum Gasteiger partial charge on any atom is -0.381 e. The van der Waals surface area contributed by atoms with E-state index in [0.717, 1.165) is 64.4 Å². The van der Waals surface area contributed by atoms with Crippen LogP contribution < -0.4 is 10.2 Å². The van der Waals surface area contributed by atoms with Gasteiger partial charge in [0, 0.05) is 57.7 Å². The van der Waals surface area contributed by atoms with Gasteiger partial charge in [0.15, 0.2) is 0 Å². The molecule has 1 N–H and O–H groups in total. The van der Waals surface area contributed by atoms with Crippen LogP contribution in [0.5, 0.6) is 0 Å². The van der Waals surface area contributed by atoms with Crippen molar-refractivity contribution in [2.45, 2.75) is 38.1 Å². The van der Waals surface area contributed by atoms with Crippen molar-refractivity contribution in [3.63, 3.8) is 0 Å². The van der Waals surface area contributed by atoms with Crippen LogP contribution in [-0.2, 0) is 16.6 Å². The number of carbonyl (C=O) groups excluding carboxylic acids is 1. The maximum Gasteiger partial charge on any atom is 0.223 e. The summed E-state index contributed by atoms with van der Waals surface area (Å²) in [6, 6.07) is 0.316. The van der Waals surface area contributed by atoms with Crippen LogP contribution in [0.1, 0.15) is 32.1 Å². The predicted octanol–water partition coefficient (Wildman–Crippen LogP) is 1.32. The van der Waals surface area contributed by atoms with E-state index in [2.05, 4.69) is 19.8 Å². The van der Waals surface area contributed by atoms with Crippen molar-refractivity contribution >= 4 is 11.9 Å². The van der Waals surface area contributed by atoms with Crippen molar-refractivity contribution in [2.24, 2.45) is 18.4 Å². The zero-order valence-electron chi connectivity index (χ0n) is 13.8. The SMILES string of the molecule is Cn1ccnc1N1CCC(NC(=O)C2CC23CCOCC3)CC1. The predicted molar refractivity (Wildman–Crippen MR) is 87.2 cm³/mol. The van der Waals surface area contributed by atoms with Gasteiger partial charge in [-0.2, -0.15) is 0 Å². The van der Waals surface area contributed by atoms with E-state index in [-0.39, 0.29) is 17.2 Å². The highest BCUT2D eigenvalue weighted by Gasteiger charge is 2.58. The van der Waals surface area contributed by atoms with Crippen molar-refractivity contribution < 1.29 is 9.53 Å². The molecular weight excluding hydrogens is 292 g/mol. The largest absolute Gasteiger partial charge is 0.381 e. The quantitative estimate of drug-likeness (QED) is 0.913. The number of ether oxygens (including phenoxy) is 1. The molecule has 1 unspecified atom stereocenters. The van der Waals surface area contributed by atoms with Crippen molar-refractivity contribution in [2.75, 3.05) is 31.2 Å². The first kappa shape index (κ1) is 15.0. The number of amides is 1. The summed E-state index contributed by atoms with van der Waals surface area (Å²) in [7, 11) is 2.02. The van der Waals surface area contributed by atoms with Crippen molar-refractivity contribution in [1.29, 1.82) is 0 Å². The Bertz CT molecular complexity index is 571. The Morgan fingerprint density at radius 3 is 2.74 bits per heavy atom. The molecule has 3 fully saturated rings. The van der Waals surface area contributed by atoms with Gasteiger partial charge in [-0.15, -0.1) is 0 Å². The van der Waals surface area contributed by atoms with Crippen molar-refractivity contribution in [3.8, 4) is 0 Å². The lowest BCUT2D eigenvalue weighted by molar-refractivity contribution is -0.124. The van der Waals surface area contributed by atoms with Crippen LogP contribution in [-0.4, -0.2) is 47.8 Å². The molecule has 1 saturated carbocycles. The van der Waals surface area contributed by atoms with Gasteiger partial charge < -0.3 is 19.5 Å². The molecule has 1 aromatic rings. The second kappa shape index (κ2) is 5.82.